The Kier molecular flexibility index (Phi) is 5.22. The van der Waals surface area contributed by atoms with E-state index in [2.05, 4.69) is 33.7 Å². The second-order valence-corrected chi connectivity index (χ2v) is 7.68. The zero-order valence-electron chi connectivity index (χ0n) is 14.9. The molecular weight excluding hydrogens is 314 g/mol. The molecule has 0 spiro atoms. The number of carbonyl (C=O) groups is 1. The fourth-order valence-electron chi connectivity index (χ4n) is 4.33. The van der Waals surface area contributed by atoms with Gasteiger partial charge < -0.3 is 15.4 Å². The molecule has 3 aliphatic heterocycles. The number of fused-ring (bicyclic) bond motifs is 1. The largest absolute Gasteiger partial charge is 0.493 e. The van der Waals surface area contributed by atoms with Crippen molar-refractivity contribution in [3.8, 4) is 5.75 Å². The molecule has 1 amide bonds. The molecule has 5 nitrogen and oxygen atoms in total. The Labute approximate surface area is 150 Å². The molecule has 2 N–H and O–H groups in total. The van der Waals surface area contributed by atoms with Crippen LogP contribution in [0.2, 0.25) is 0 Å². The average molecular weight is 343 g/mol. The number of piperidine rings is 1. The van der Waals surface area contributed by atoms with Crippen LogP contribution in [0.4, 0.5) is 0 Å². The molecule has 2 fully saturated rings. The van der Waals surface area contributed by atoms with Crippen molar-refractivity contribution >= 4 is 5.91 Å². The number of hydrogen-bond donors (Lipinski definition) is 2. The number of hydrogen-bond acceptors (Lipinski definition) is 4. The molecular formula is C20H29N3O2. The molecule has 3 aliphatic rings. The van der Waals surface area contributed by atoms with Gasteiger partial charge in [0.15, 0.2) is 0 Å². The third-order valence-electron chi connectivity index (χ3n) is 5.70. The van der Waals surface area contributed by atoms with Crippen LogP contribution in [0.25, 0.3) is 0 Å². The topological polar surface area (TPSA) is 53.6 Å². The lowest BCUT2D eigenvalue weighted by molar-refractivity contribution is -0.123. The van der Waals surface area contributed by atoms with Crippen molar-refractivity contribution in [3.05, 3.63) is 29.3 Å². The van der Waals surface area contributed by atoms with Crippen LogP contribution in [-0.2, 0) is 17.8 Å². The molecule has 5 heteroatoms. The van der Waals surface area contributed by atoms with Crippen molar-refractivity contribution in [2.24, 2.45) is 5.92 Å². The second-order valence-electron chi connectivity index (χ2n) is 7.68. The summed E-state index contributed by atoms with van der Waals surface area (Å²) in [6.07, 6.45) is 5.56. The van der Waals surface area contributed by atoms with E-state index in [4.69, 9.17) is 4.74 Å². The molecule has 4 rings (SSSR count). The van der Waals surface area contributed by atoms with E-state index in [1.54, 1.807) is 0 Å². The third-order valence-corrected chi connectivity index (χ3v) is 5.70. The SMILES string of the molecule is O=C(NCC1CCCN(Cc2ccc3c(c2)CCO3)C1)C1CCCN1. The number of ether oxygens (including phenoxy) is 1. The summed E-state index contributed by atoms with van der Waals surface area (Å²) in [5.74, 6) is 1.81. The molecule has 2 atom stereocenters. The fraction of sp³-hybridized carbons (Fsp3) is 0.650. The number of nitrogens with one attached hydrogen (secondary N) is 2. The Morgan fingerprint density at radius 3 is 3.16 bits per heavy atom. The van der Waals surface area contributed by atoms with Gasteiger partial charge in [-0.25, -0.2) is 0 Å². The van der Waals surface area contributed by atoms with Crippen LogP contribution in [0.15, 0.2) is 18.2 Å². The van der Waals surface area contributed by atoms with E-state index < -0.39 is 0 Å². The molecule has 2 saturated heterocycles. The van der Waals surface area contributed by atoms with E-state index in [0.29, 0.717) is 5.92 Å². The summed E-state index contributed by atoms with van der Waals surface area (Å²) in [5.41, 5.74) is 2.73. The van der Waals surface area contributed by atoms with Gasteiger partial charge in [0.05, 0.1) is 12.6 Å². The molecule has 2 unspecified atom stereocenters. The number of nitrogens with zero attached hydrogens (tertiary/aromatic N) is 1. The van der Waals surface area contributed by atoms with Crippen LogP contribution in [0.1, 0.15) is 36.8 Å². The van der Waals surface area contributed by atoms with E-state index in [9.17, 15) is 4.79 Å². The lowest BCUT2D eigenvalue weighted by atomic mass is 9.97. The van der Waals surface area contributed by atoms with E-state index in [1.165, 1.54) is 24.0 Å². The summed E-state index contributed by atoms with van der Waals surface area (Å²) in [6, 6.07) is 6.66. The van der Waals surface area contributed by atoms with Crippen LogP contribution in [0.5, 0.6) is 5.75 Å². The molecule has 0 aromatic heterocycles. The highest BCUT2D eigenvalue weighted by Crippen LogP contribution is 2.27. The first kappa shape index (κ1) is 16.9. The van der Waals surface area contributed by atoms with Crippen LogP contribution < -0.4 is 15.4 Å². The van der Waals surface area contributed by atoms with Crippen molar-refractivity contribution in [1.82, 2.24) is 15.5 Å². The van der Waals surface area contributed by atoms with Gasteiger partial charge in [-0.3, -0.25) is 9.69 Å². The van der Waals surface area contributed by atoms with Crippen molar-refractivity contribution in [3.63, 3.8) is 0 Å². The average Bonchev–Trinajstić information content (AvgIpc) is 3.31. The number of rotatable bonds is 5. The predicted molar refractivity (Wildman–Crippen MR) is 97.7 cm³/mol. The first-order valence-corrected chi connectivity index (χ1v) is 9.76. The summed E-state index contributed by atoms with van der Waals surface area (Å²) >= 11 is 0. The Hall–Kier alpha value is -1.59. The van der Waals surface area contributed by atoms with Gasteiger partial charge in [0.25, 0.3) is 0 Å². The van der Waals surface area contributed by atoms with Gasteiger partial charge in [0.2, 0.25) is 5.91 Å². The van der Waals surface area contributed by atoms with E-state index in [-0.39, 0.29) is 11.9 Å². The standard InChI is InChI=1S/C20H29N3O2/c24-20(18-4-1-8-21-18)22-12-16-3-2-9-23(14-16)13-15-5-6-19-17(11-15)7-10-25-19/h5-6,11,16,18,21H,1-4,7-10,12-14H2,(H,22,24). The highest BCUT2D eigenvalue weighted by atomic mass is 16.5. The zero-order valence-corrected chi connectivity index (χ0v) is 14.9. The third kappa shape index (κ3) is 4.15. The van der Waals surface area contributed by atoms with E-state index in [0.717, 1.165) is 64.3 Å². The lowest BCUT2D eigenvalue weighted by Gasteiger charge is -2.33. The quantitative estimate of drug-likeness (QED) is 0.854. The number of carbonyl (C=O) groups excluding carboxylic acids is 1. The summed E-state index contributed by atoms with van der Waals surface area (Å²) in [4.78, 5) is 14.7. The fourth-order valence-corrected chi connectivity index (χ4v) is 4.33. The Morgan fingerprint density at radius 1 is 1.32 bits per heavy atom. The maximum Gasteiger partial charge on any atom is 0.237 e. The smallest absolute Gasteiger partial charge is 0.237 e. The zero-order chi connectivity index (χ0) is 17.1. The van der Waals surface area contributed by atoms with Gasteiger partial charge in [0, 0.05) is 26.1 Å². The molecule has 0 bridgehead atoms. The predicted octanol–water partition coefficient (Wildman–Crippen LogP) is 1.70. The van der Waals surface area contributed by atoms with Crippen molar-refractivity contribution in [2.45, 2.75) is 44.7 Å². The molecule has 3 heterocycles. The van der Waals surface area contributed by atoms with Crippen LogP contribution in [0, 0.1) is 5.92 Å². The summed E-state index contributed by atoms with van der Waals surface area (Å²) < 4.78 is 5.60. The van der Waals surface area contributed by atoms with Crippen LogP contribution in [-0.4, -0.2) is 49.6 Å². The maximum atomic E-state index is 12.2. The van der Waals surface area contributed by atoms with Gasteiger partial charge in [0.1, 0.15) is 5.75 Å². The van der Waals surface area contributed by atoms with Crippen molar-refractivity contribution in [1.29, 1.82) is 0 Å². The highest BCUT2D eigenvalue weighted by Gasteiger charge is 2.25. The Morgan fingerprint density at radius 2 is 2.28 bits per heavy atom. The monoisotopic (exact) mass is 343 g/mol. The van der Waals surface area contributed by atoms with Gasteiger partial charge >= 0.3 is 0 Å². The normalized spacial score (nSPS) is 26.2. The highest BCUT2D eigenvalue weighted by molar-refractivity contribution is 5.81. The molecule has 1 aromatic rings. The van der Waals surface area contributed by atoms with Gasteiger partial charge in [-0.05, 0) is 61.9 Å². The lowest BCUT2D eigenvalue weighted by Crippen LogP contribution is -2.45. The van der Waals surface area contributed by atoms with Crippen LogP contribution >= 0.6 is 0 Å². The van der Waals surface area contributed by atoms with Gasteiger partial charge in [-0.15, -0.1) is 0 Å². The first-order chi connectivity index (χ1) is 12.3. The Bertz CT molecular complexity index is 613. The molecule has 136 valence electrons. The van der Waals surface area contributed by atoms with E-state index >= 15 is 0 Å². The molecule has 0 radical (unpaired) electrons. The van der Waals surface area contributed by atoms with E-state index in [1.807, 2.05) is 0 Å². The van der Waals surface area contributed by atoms with Crippen molar-refractivity contribution < 1.29 is 9.53 Å². The number of amides is 1. The van der Waals surface area contributed by atoms with Gasteiger partial charge in [-0.2, -0.15) is 0 Å². The minimum Gasteiger partial charge on any atom is -0.493 e. The molecule has 0 saturated carbocycles. The maximum absolute atomic E-state index is 12.2. The molecule has 25 heavy (non-hydrogen) atoms. The van der Waals surface area contributed by atoms with Crippen molar-refractivity contribution in [2.75, 3.05) is 32.8 Å². The van der Waals surface area contributed by atoms with Crippen LogP contribution in [0.3, 0.4) is 0 Å². The second kappa shape index (κ2) is 7.75. The Balaban J connectivity index is 1.26. The minimum atomic E-state index is 0.0355. The first-order valence-electron chi connectivity index (χ1n) is 9.76. The molecule has 1 aromatic carbocycles. The number of benzene rings is 1. The summed E-state index contributed by atoms with van der Waals surface area (Å²) in [6.45, 7) is 5.84. The van der Waals surface area contributed by atoms with Gasteiger partial charge in [-0.1, -0.05) is 12.1 Å². The number of likely N-dealkylation sites (tertiary alicyclic amines) is 1. The summed E-state index contributed by atoms with van der Waals surface area (Å²) in [7, 11) is 0. The molecule has 0 aliphatic carbocycles. The summed E-state index contributed by atoms with van der Waals surface area (Å²) in [5, 5.41) is 6.44. The minimum absolute atomic E-state index is 0.0355.